The highest BCUT2D eigenvalue weighted by Gasteiger charge is 2.23. The van der Waals surface area contributed by atoms with Crippen LogP contribution in [0.2, 0.25) is 5.02 Å². The highest BCUT2D eigenvalue weighted by atomic mass is 35.5. The molecule has 0 aromatic heterocycles. The molecule has 6 heteroatoms. The summed E-state index contributed by atoms with van der Waals surface area (Å²) in [6.07, 6.45) is 2.35. The fourth-order valence-electron chi connectivity index (χ4n) is 4.03. The number of halogens is 1. The number of unbranched alkanes of at least 4 members (excludes halogenated alkanes) is 1. The van der Waals surface area contributed by atoms with Gasteiger partial charge in [-0.2, -0.15) is 0 Å². The van der Waals surface area contributed by atoms with Gasteiger partial charge in [-0.05, 0) is 49.7 Å². The minimum absolute atomic E-state index is 0.265. The molecule has 1 N–H and O–H groups in total. The van der Waals surface area contributed by atoms with Crippen LogP contribution in [0, 0.1) is 0 Å². The Hall–Kier alpha value is -1.24. The number of rotatable bonds is 7. The lowest BCUT2D eigenvalue weighted by Crippen LogP contribution is -2.47. The summed E-state index contributed by atoms with van der Waals surface area (Å²) in [5.41, 5.74) is 2.52. The molecule has 0 unspecified atom stereocenters. The minimum atomic E-state index is 0.265. The molecule has 28 heavy (non-hydrogen) atoms. The van der Waals surface area contributed by atoms with E-state index in [9.17, 15) is 0 Å². The predicted octanol–water partition coefficient (Wildman–Crippen LogP) is 4.33. The van der Waals surface area contributed by atoms with Crippen molar-refractivity contribution in [2.75, 3.05) is 57.3 Å². The van der Waals surface area contributed by atoms with Crippen molar-refractivity contribution in [3.63, 3.8) is 0 Å². The fourth-order valence-corrected chi connectivity index (χ4v) is 5.27. The lowest BCUT2D eigenvalue weighted by atomic mass is 10.2. The van der Waals surface area contributed by atoms with E-state index in [2.05, 4.69) is 51.1 Å². The van der Waals surface area contributed by atoms with E-state index in [4.69, 9.17) is 16.7 Å². The molecule has 4 rings (SSSR count). The molecule has 4 nitrogen and oxygen atoms in total. The Morgan fingerprint density at radius 2 is 1.50 bits per heavy atom. The van der Waals surface area contributed by atoms with Gasteiger partial charge in [-0.25, -0.2) is 0 Å². The summed E-state index contributed by atoms with van der Waals surface area (Å²) in [5, 5.41) is 9.86. The number of para-hydroxylation sites is 1. The van der Waals surface area contributed by atoms with Crippen LogP contribution >= 0.6 is 23.4 Å². The van der Waals surface area contributed by atoms with E-state index in [-0.39, 0.29) is 6.61 Å². The van der Waals surface area contributed by atoms with Crippen molar-refractivity contribution >= 4 is 34.7 Å². The monoisotopic (exact) mass is 417 g/mol. The van der Waals surface area contributed by atoms with Crippen LogP contribution in [-0.2, 0) is 0 Å². The molecule has 2 aromatic rings. The molecule has 0 aliphatic carbocycles. The van der Waals surface area contributed by atoms with E-state index < -0.39 is 0 Å². The van der Waals surface area contributed by atoms with Crippen molar-refractivity contribution in [3.8, 4) is 0 Å². The van der Waals surface area contributed by atoms with Crippen molar-refractivity contribution in [1.29, 1.82) is 0 Å². The van der Waals surface area contributed by atoms with Gasteiger partial charge in [0.15, 0.2) is 0 Å². The third kappa shape index (κ3) is 4.66. The first kappa shape index (κ1) is 20.0. The number of hydrogen-bond acceptors (Lipinski definition) is 5. The van der Waals surface area contributed by atoms with Crippen LogP contribution in [0.5, 0.6) is 0 Å². The number of hydrogen-bond donors (Lipinski definition) is 1. The molecule has 0 radical (unpaired) electrons. The van der Waals surface area contributed by atoms with E-state index in [1.165, 1.54) is 27.6 Å². The number of β-amino-alcohol motifs (C(OH)–C–C–N with tert-alkyl or cyclic N) is 1. The second-order valence-electron chi connectivity index (χ2n) is 7.45. The van der Waals surface area contributed by atoms with Gasteiger partial charge >= 0.3 is 0 Å². The Morgan fingerprint density at radius 1 is 0.821 bits per heavy atom. The summed E-state index contributed by atoms with van der Waals surface area (Å²) in [5.74, 6) is 0. The fraction of sp³-hybridized carbons (Fsp3) is 0.455. The SMILES string of the molecule is OCCN1CCN(CCCCN2c3ccccc3Sc3ccc(Cl)cc32)CC1. The molecule has 2 aliphatic heterocycles. The number of fused-ring (bicyclic) bond motifs is 2. The van der Waals surface area contributed by atoms with Crippen LogP contribution in [0.3, 0.4) is 0 Å². The Kier molecular flexibility index (Phi) is 6.81. The molecular weight excluding hydrogens is 390 g/mol. The van der Waals surface area contributed by atoms with Gasteiger partial charge in [0.2, 0.25) is 0 Å². The topological polar surface area (TPSA) is 30.0 Å². The quantitative estimate of drug-likeness (QED) is 0.677. The Morgan fingerprint density at radius 3 is 2.29 bits per heavy atom. The number of aliphatic hydroxyl groups is 1. The number of benzene rings is 2. The van der Waals surface area contributed by atoms with Crippen LogP contribution in [0.15, 0.2) is 52.3 Å². The van der Waals surface area contributed by atoms with Gasteiger partial charge in [0.25, 0.3) is 0 Å². The summed E-state index contributed by atoms with van der Waals surface area (Å²) >= 11 is 8.13. The number of piperazine rings is 1. The molecule has 2 aliphatic rings. The van der Waals surface area contributed by atoms with Crippen molar-refractivity contribution in [2.45, 2.75) is 22.6 Å². The first-order valence-electron chi connectivity index (χ1n) is 10.1. The zero-order chi connectivity index (χ0) is 19.3. The summed E-state index contributed by atoms with van der Waals surface area (Å²) in [4.78, 5) is 9.94. The van der Waals surface area contributed by atoms with Crippen molar-refractivity contribution in [2.24, 2.45) is 0 Å². The van der Waals surface area contributed by atoms with Crippen LogP contribution in [0.1, 0.15) is 12.8 Å². The molecule has 2 aromatic carbocycles. The van der Waals surface area contributed by atoms with Crippen molar-refractivity contribution in [3.05, 3.63) is 47.5 Å². The number of aliphatic hydroxyl groups excluding tert-OH is 1. The lowest BCUT2D eigenvalue weighted by molar-refractivity contribution is 0.111. The zero-order valence-corrected chi connectivity index (χ0v) is 17.8. The van der Waals surface area contributed by atoms with Crippen LogP contribution < -0.4 is 4.90 Å². The molecule has 2 heterocycles. The van der Waals surface area contributed by atoms with Crippen LogP contribution in [0.4, 0.5) is 11.4 Å². The first-order valence-corrected chi connectivity index (χ1v) is 11.3. The maximum atomic E-state index is 9.07. The molecule has 1 fully saturated rings. The highest BCUT2D eigenvalue weighted by Crippen LogP contribution is 2.48. The maximum absolute atomic E-state index is 9.07. The Bertz CT molecular complexity index is 795. The van der Waals surface area contributed by atoms with E-state index in [0.29, 0.717) is 0 Å². The maximum Gasteiger partial charge on any atom is 0.0567 e. The van der Waals surface area contributed by atoms with E-state index >= 15 is 0 Å². The molecule has 0 amide bonds. The van der Waals surface area contributed by atoms with Gasteiger partial charge in [-0.1, -0.05) is 35.5 Å². The smallest absolute Gasteiger partial charge is 0.0567 e. The van der Waals surface area contributed by atoms with Gasteiger partial charge < -0.3 is 14.9 Å². The van der Waals surface area contributed by atoms with Crippen molar-refractivity contribution in [1.82, 2.24) is 9.80 Å². The predicted molar refractivity (Wildman–Crippen MR) is 118 cm³/mol. The standard InChI is InChI=1S/C22H28ClN3OS/c23-18-7-8-22-20(17-18)26(19-5-1-2-6-21(19)28-22)10-4-3-9-24-11-13-25(14-12-24)15-16-27/h1-2,5-8,17,27H,3-4,9-16H2. The normalized spacial score (nSPS) is 17.4. The summed E-state index contributed by atoms with van der Waals surface area (Å²) in [6.45, 7) is 7.61. The number of anilines is 2. The van der Waals surface area contributed by atoms with Gasteiger partial charge in [-0.15, -0.1) is 0 Å². The third-order valence-corrected chi connectivity index (χ3v) is 6.94. The molecule has 1 saturated heterocycles. The molecule has 0 saturated carbocycles. The molecular formula is C22H28ClN3OS. The average molecular weight is 418 g/mol. The number of nitrogens with zero attached hydrogens (tertiary/aromatic N) is 3. The van der Waals surface area contributed by atoms with E-state index in [0.717, 1.165) is 57.3 Å². The summed E-state index contributed by atoms with van der Waals surface area (Å²) in [7, 11) is 0. The van der Waals surface area contributed by atoms with E-state index in [1.807, 2.05) is 17.8 Å². The summed E-state index contributed by atoms with van der Waals surface area (Å²) in [6, 6.07) is 14.9. The summed E-state index contributed by atoms with van der Waals surface area (Å²) < 4.78 is 0. The molecule has 0 bridgehead atoms. The second kappa shape index (κ2) is 9.51. The highest BCUT2D eigenvalue weighted by molar-refractivity contribution is 7.99. The van der Waals surface area contributed by atoms with Gasteiger partial charge in [-0.3, -0.25) is 4.90 Å². The molecule has 150 valence electrons. The Balaban J connectivity index is 1.34. The largest absolute Gasteiger partial charge is 0.395 e. The van der Waals surface area contributed by atoms with Crippen LogP contribution in [-0.4, -0.2) is 67.3 Å². The molecule has 0 spiro atoms. The second-order valence-corrected chi connectivity index (χ2v) is 8.97. The van der Waals surface area contributed by atoms with E-state index in [1.54, 1.807) is 0 Å². The third-order valence-electron chi connectivity index (χ3n) is 5.57. The average Bonchev–Trinajstić information content (AvgIpc) is 2.72. The van der Waals surface area contributed by atoms with Gasteiger partial charge in [0.05, 0.1) is 18.0 Å². The first-order chi connectivity index (χ1) is 13.7. The van der Waals surface area contributed by atoms with Crippen molar-refractivity contribution < 1.29 is 5.11 Å². The lowest BCUT2D eigenvalue weighted by Gasteiger charge is -2.35. The zero-order valence-electron chi connectivity index (χ0n) is 16.2. The van der Waals surface area contributed by atoms with Crippen LogP contribution in [0.25, 0.3) is 0 Å². The Labute approximate surface area is 177 Å². The van der Waals surface area contributed by atoms with Gasteiger partial charge in [0.1, 0.15) is 0 Å². The van der Waals surface area contributed by atoms with Gasteiger partial charge in [0, 0.05) is 54.1 Å². The molecule has 0 atom stereocenters. The minimum Gasteiger partial charge on any atom is -0.395 e.